The summed E-state index contributed by atoms with van der Waals surface area (Å²) in [6, 6.07) is 0. The molecule has 0 aliphatic heterocycles. The van der Waals surface area contributed by atoms with Crippen LogP contribution in [0.5, 0.6) is 0 Å². The zero-order valence-electron chi connectivity index (χ0n) is 17.3. The van der Waals surface area contributed by atoms with Crippen molar-refractivity contribution in [1.82, 2.24) is 0 Å². The molecule has 6 atom stereocenters. The number of allylic oxidation sites excluding steroid dienone is 1. The zero-order valence-corrected chi connectivity index (χ0v) is 17.3. The van der Waals surface area contributed by atoms with E-state index in [0.717, 1.165) is 43.6 Å². The monoisotopic (exact) mass is 376 g/mol. The summed E-state index contributed by atoms with van der Waals surface area (Å²) in [5.74, 6) is 2.20. The molecule has 3 saturated carbocycles. The normalized spacial score (nSPS) is 43.3. The third-order valence-electron chi connectivity index (χ3n) is 8.47. The van der Waals surface area contributed by atoms with Crippen molar-refractivity contribution in [3.8, 4) is 0 Å². The molecule has 27 heavy (non-hydrogen) atoms. The van der Waals surface area contributed by atoms with E-state index in [1.807, 2.05) is 6.92 Å². The minimum Gasteiger partial charge on any atom is -0.462 e. The highest BCUT2D eigenvalue weighted by Crippen LogP contribution is 2.65. The molecule has 0 aromatic rings. The molecule has 4 rings (SSSR count). The van der Waals surface area contributed by atoms with Crippen molar-refractivity contribution in [1.29, 1.82) is 0 Å². The molecule has 0 unspecified atom stereocenters. The van der Waals surface area contributed by atoms with Crippen LogP contribution in [0.3, 0.4) is 0 Å². The van der Waals surface area contributed by atoms with Gasteiger partial charge in [0.25, 0.3) is 0 Å². The molecule has 4 heteroatoms. The Hall–Kier alpha value is -0.870. The summed E-state index contributed by atoms with van der Waals surface area (Å²) < 4.78 is 5.55. The third-order valence-corrected chi connectivity index (χ3v) is 8.47. The first-order valence-electron chi connectivity index (χ1n) is 11.1. The van der Waals surface area contributed by atoms with Crippen molar-refractivity contribution < 1.29 is 19.3 Å². The van der Waals surface area contributed by atoms with Gasteiger partial charge in [0.1, 0.15) is 6.10 Å². The maximum atomic E-state index is 11.4. The quantitative estimate of drug-likeness (QED) is 0.217. The van der Waals surface area contributed by atoms with Crippen molar-refractivity contribution in [3.63, 3.8) is 0 Å². The first-order chi connectivity index (χ1) is 13.0. The molecule has 0 amide bonds. The van der Waals surface area contributed by atoms with Crippen LogP contribution in [-0.2, 0) is 19.3 Å². The van der Waals surface area contributed by atoms with Crippen molar-refractivity contribution in [2.75, 3.05) is 13.2 Å². The second kappa shape index (κ2) is 7.51. The van der Waals surface area contributed by atoms with Crippen molar-refractivity contribution in [2.45, 2.75) is 84.7 Å². The topological polar surface area (TPSA) is 44.8 Å². The lowest BCUT2D eigenvalue weighted by molar-refractivity contribution is -0.314. The van der Waals surface area contributed by atoms with E-state index in [9.17, 15) is 4.79 Å². The molecule has 0 aromatic carbocycles. The standard InChI is InChI=1S/C23H36O4/c1-4-25-26-15-23-11-5-6-21(23)19-8-7-17-14-18(27-16(2)24)9-12-22(17,3)20(19)10-13-23/h7,18-21H,4-6,8-15H2,1-3H3/t18-,19+,20-,21-,22-,23-/m0/s1. The number of carbonyl (C=O) groups is 1. The van der Waals surface area contributed by atoms with Gasteiger partial charge in [-0.3, -0.25) is 4.79 Å². The highest BCUT2D eigenvalue weighted by Gasteiger charge is 2.57. The number of esters is 1. The van der Waals surface area contributed by atoms with Crippen molar-refractivity contribution >= 4 is 5.97 Å². The molecule has 0 radical (unpaired) electrons. The summed E-state index contributed by atoms with van der Waals surface area (Å²) in [6.07, 6.45) is 13.5. The first kappa shape index (κ1) is 19.4. The Kier molecular flexibility index (Phi) is 5.41. The zero-order chi connectivity index (χ0) is 19.1. The summed E-state index contributed by atoms with van der Waals surface area (Å²) in [5, 5.41) is 0. The van der Waals surface area contributed by atoms with Crippen LogP contribution < -0.4 is 0 Å². The summed E-state index contributed by atoms with van der Waals surface area (Å²) in [5.41, 5.74) is 2.21. The van der Waals surface area contributed by atoms with E-state index in [0.29, 0.717) is 17.4 Å². The molecule has 0 bridgehead atoms. The summed E-state index contributed by atoms with van der Waals surface area (Å²) in [6.45, 7) is 7.42. The number of ether oxygens (including phenoxy) is 1. The number of rotatable bonds is 5. The maximum absolute atomic E-state index is 11.4. The fraction of sp³-hybridized carbons (Fsp3) is 0.870. The van der Waals surface area contributed by atoms with Crippen LogP contribution in [0.25, 0.3) is 0 Å². The van der Waals surface area contributed by atoms with Gasteiger partial charge in [-0.05, 0) is 75.0 Å². The average molecular weight is 377 g/mol. The molecule has 3 fully saturated rings. The highest BCUT2D eigenvalue weighted by atomic mass is 17.2. The Labute approximate surface area is 163 Å². The minimum atomic E-state index is -0.138. The van der Waals surface area contributed by atoms with Gasteiger partial charge in [0.2, 0.25) is 0 Å². The van der Waals surface area contributed by atoms with Gasteiger partial charge in [-0.1, -0.05) is 25.0 Å². The molecule has 0 heterocycles. The Morgan fingerprint density at radius 3 is 2.78 bits per heavy atom. The Morgan fingerprint density at radius 2 is 2.00 bits per heavy atom. The largest absolute Gasteiger partial charge is 0.462 e. The smallest absolute Gasteiger partial charge is 0.302 e. The lowest BCUT2D eigenvalue weighted by Crippen LogP contribution is -2.51. The van der Waals surface area contributed by atoms with Gasteiger partial charge in [0.15, 0.2) is 0 Å². The molecule has 0 aromatic heterocycles. The van der Waals surface area contributed by atoms with Gasteiger partial charge < -0.3 is 4.74 Å². The van der Waals surface area contributed by atoms with Gasteiger partial charge in [0.05, 0.1) is 13.2 Å². The van der Waals surface area contributed by atoms with E-state index in [1.54, 1.807) is 5.57 Å². The van der Waals surface area contributed by atoms with E-state index < -0.39 is 0 Å². The lowest BCUT2D eigenvalue weighted by atomic mass is 9.48. The fourth-order valence-corrected chi connectivity index (χ4v) is 7.25. The molecular weight excluding hydrogens is 340 g/mol. The van der Waals surface area contributed by atoms with E-state index in [2.05, 4.69) is 13.0 Å². The Bertz CT molecular complexity index is 599. The van der Waals surface area contributed by atoms with Gasteiger partial charge in [-0.15, -0.1) is 0 Å². The lowest BCUT2D eigenvalue weighted by Gasteiger charge is -2.57. The van der Waals surface area contributed by atoms with E-state index in [4.69, 9.17) is 14.5 Å². The van der Waals surface area contributed by atoms with E-state index in [1.165, 1.54) is 45.4 Å². The molecular formula is C23H36O4. The highest BCUT2D eigenvalue weighted by molar-refractivity contribution is 5.66. The van der Waals surface area contributed by atoms with Crippen LogP contribution in [0.1, 0.15) is 78.6 Å². The SMILES string of the molecule is CCOOC[C@@]12CCC[C@H]1[C@@H]1CC=C3C[C@@H](OC(C)=O)CC[C@]3(C)[C@H]1CC2. The second-order valence-corrected chi connectivity index (χ2v) is 9.70. The van der Waals surface area contributed by atoms with E-state index >= 15 is 0 Å². The summed E-state index contributed by atoms with van der Waals surface area (Å²) >= 11 is 0. The molecule has 4 aliphatic carbocycles. The van der Waals surface area contributed by atoms with Crippen LogP contribution in [0.2, 0.25) is 0 Å². The van der Waals surface area contributed by atoms with Crippen LogP contribution in [0.4, 0.5) is 0 Å². The Balaban J connectivity index is 1.52. The van der Waals surface area contributed by atoms with Crippen LogP contribution in [-0.4, -0.2) is 25.3 Å². The fourth-order valence-electron chi connectivity index (χ4n) is 7.25. The third kappa shape index (κ3) is 3.37. The Morgan fingerprint density at radius 1 is 1.15 bits per heavy atom. The molecule has 0 saturated heterocycles. The van der Waals surface area contributed by atoms with Crippen LogP contribution in [0.15, 0.2) is 11.6 Å². The predicted molar refractivity (Wildman–Crippen MR) is 104 cm³/mol. The van der Waals surface area contributed by atoms with Crippen LogP contribution in [0, 0.1) is 28.6 Å². The number of fused-ring (bicyclic) bond motifs is 5. The summed E-state index contributed by atoms with van der Waals surface area (Å²) in [7, 11) is 0. The second-order valence-electron chi connectivity index (χ2n) is 9.70. The van der Waals surface area contributed by atoms with Crippen molar-refractivity contribution in [2.24, 2.45) is 28.6 Å². The van der Waals surface area contributed by atoms with Crippen molar-refractivity contribution in [3.05, 3.63) is 11.6 Å². The van der Waals surface area contributed by atoms with Gasteiger partial charge >= 0.3 is 5.97 Å². The van der Waals surface area contributed by atoms with Gasteiger partial charge in [-0.2, -0.15) is 0 Å². The molecule has 0 N–H and O–H groups in total. The van der Waals surface area contributed by atoms with E-state index in [-0.39, 0.29) is 12.1 Å². The average Bonchev–Trinajstić information content (AvgIpc) is 3.06. The number of carbonyl (C=O) groups excluding carboxylic acids is 1. The molecule has 152 valence electrons. The van der Waals surface area contributed by atoms with Gasteiger partial charge in [0, 0.05) is 18.8 Å². The van der Waals surface area contributed by atoms with Gasteiger partial charge in [-0.25, -0.2) is 9.78 Å². The minimum absolute atomic E-state index is 0.0899. The molecule has 4 nitrogen and oxygen atoms in total. The number of hydrogen-bond donors (Lipinski definition) is 0. The maximum Gasteiger partial charge on any atom is 0.302 e. The molecule has 0 spiro atoms. The predicted octanol–water partition coefficient (Wildman–Crippen LogP) is 5.22. The molecule has 4 aliphatic rings. The first-order valence-corrected chi connectivity index (χ1v) is 11.1. The number of hydrogen-bond acceptors (Lipinski definition) is 4. The summed E-state index contributed by atoms with van der Waals surface area (Å²) in [4.78, 5) is 22.3. The van der Waals surface area contributed by atoms with Crippen LogP contribution >= 0.6 is 0 Å².